The standard InChI is InChI=1S/C14H15NO5/c1-4-9-10(5-8(18-2)6-12(9)19-3)11-7-13(14(16)17)20-15-11/h5-7H,4H2,1-3H3,(H,16,17). The third-order valence-corrected chi connectivity index (χ3v) is 2.99. The van der Waals surface area contributed by atoms with Gasteiger partial charge >= 0.3 is 5.97 Å². The molecule has 0 aliphatic rings. The molecule has 20 heavy (non-hydrogen) atoms. The first kappa shape index (κ1) is 13.9. The molecule has 2 aromatic rings. The maximum atomic E-state index is 10.9. The number of hydrogen-bond donors (Lipinski definition) is 1. The second-order valence-corrected chi connectivity index (χ2v) is 4.09. The van der Waals surface area contributed by atoms with E-state index in [2.05, 4.69) is 5.16 Å². The zero-order valence-corrected chi connectivity index (χ0v) is 11.5. The van der Waals surface area contributed by atoms with Crippen LogP contribution < -0.4 is 9.47 Å². The summed E-state index contributed by atoms with van der Waals surface area (Å²) in [5.74, 6) is -0.0869. The number of aromatic carboxylic acids is 1. The van der Waals surface area contributed by atoms with Crippen LogP contribution in [0, 0.1) is 0 Å². The van der Waals surface area contributed by atoms with Gasteiger partial charge in [-0.3, -0.25) is 0 Å². The molecule has 0 radical (unpaired) electrons. The topological polar surface area (TPSA) is 81.8 Å². The van der Waals surface area contributed by atoms with Gasteiger partial charge in [0, 0.05) is 23.3 Å². The number of carboxylic acid groups (broad SMARTS) is 1. The molecule has 0 aliphatic heterocycles. The van der Waals surface area contributed by atoms with E-state index in [4.69, 9.17) is 19.1 Å². The Bertz CT molecular complexity index is 632. The smallest absolute Gasteiger partial charge is 0.374 e. The molecule has 0 amide bonds. The average molecular weight is 277 g/mol. The van der Waals surface area contributed by atoms with Crippen molar-refractivity contribution in [1.29, 1.82) is 0 Å². The molecular weight excluding hydrogens is 262 g/mol. The molecule has 1 N–H and O–H groups in total. The van der Waals surface area contributed by atoms with Crippen LogP contribution in [-0.4, -0.2) is 30.5 Å². The van der Waals surface area contributed by atoms with E-state index in [0.29, 0.717) is 23.6 Å². The molecule has 1 aromatic heterocycles. The highest BCUT2D eigenvalue weighted by Gasteiger charge is 2.18. The lowest BCUT2D eigenvalue weighted by Crippen LogP contribution is -1.96. The second-order valence-electron chi connectivity index (χ2n) is 4.09. The predicted octanol–water partition coefficient (Wildman–Crippen LogP) is 2.62. The molecule has 2 rings (SSSR count). The number of methoxy groups -OCH3 is 2. The Balaban J connectivity index is 2.60. The van der Waals surface area contributed by atoms with Crippen LogP contribution >= 0.6 is 0 Å². The van der Waals surface area contributed by atoms with Crippen molar-refractivity contribution in [2.24, 2.45) is 0 Å². The van der Waals surface area contributed by atoms with Crippen molar-refractivity contribution in [3.05, 3.63) is 29.5 Å². The van der Waals surface area contributed by atoms with Gasteiger partial charge < -0.3 is 19.1 Å². The molecule has 1 aromatic carbocycles. The van der Waals surface area contributed by atoms with E-state index in [1.165, 1.54) is 6.07 Å². The molecule has 6 heteroatoms. The Morgan fingerprint density at radius 2 is 2.05 bits per heavy atom. The molecule has 6 nitrogen and oxygen atoms in total. The average Bonchev–Trinajstić information content (AvgIpc) is 2.95. The Kier molecular flexibility index (Phi) is 3.93. The molecule has 0 fully saturated rings. The molecular formula is C14H15NO5. The third-order valence-electron chi connectivity index (χ3n) is 2.99. The van der Waals surface area contributed by atoms with Crippen molar-refractivity contribution in [1.82, 2.24) is 5.16 Å². The number of carbonyl (C=O) groups is 1. The van der Waals surface area contributed by atoms with Crippen LogP contribution in [0.3, 0.4) is 0 Å². The van der Waals surface area contributed by atoms with Gasteiger partial charge in [-0.1, -0.05) is 12.1 Å². The highest BCUT2D eigenvalue weighted by molar-refractivity contribution is 5.86. The molecule has 0 unspecified atom stereocenters. The first-order chi connectivity index (χ1) is 9.60. The zero-order valence-electron chi connectivity index (χ0n) is 11.5. The van der Waals surface area contributed by atoms with Gasteiger partial charge in [0.05, 0.1) is 14.2 Å². The van der Waals surface area contributed by atoms with Gasteiger partial charge in [-0.15, -0.1) is 0 Å². The van der Waals surface area contributed by atoms with Crippen LogP contribution in [0.1, 0.15) is 23.0 Å². The van der Waals surface area contributed by atoms with E-state index >= 15 is 0 Å². The minimum atomic E-state index is -1.16. The molecule has 1 heterocycles. The first-order valence-electron chi connectivity index (χ1n) is 6.06. The maximum absolute atomic E-state index is 10.9. The van der Waals surface area contributed by atoms with Gasteiger partial charge in [0.2, 0.25) is 5.76 Å². The lowest BCUT2D eigenvalue weighted by Gasteiger charge is -2.13. The lowest BCUT2D eigenvalue weighted by molar-refractivity contribution is 0.0652. The number of nitrogens with zero attached hydrogens (tertiary/aromatic N) is 1. The first-order valence-corrected chi connectivity index (χ1v) is 6.06. The van der Waals surface area contributed by atoms with E-state index in [1.807, 2.05) is 6.92 Å². The number of rotatable bonds is 5. The number of hydrogen-bond acceptors (Lipinski definition) is 5. The molecule has 0 spiro atoms. The normalized spacial score (nSPS) is 10.3. The summed E-state index contributed by atoms with van der Waals surface area (Å²) < 4.78 is 15.4. The monoisotopic (exact) mass is 277 g/mol. The number of aromatic nitrogens is 1. The largest absolute Gasteiger partial charge is 0.497 e. The Hall–Kier alpha value is -2.50. The summed E-state index contributed by atoms with van der Waals surface area (Å²) in [6.07, 6.45) is 0.706. The number of benzene rings is 1. The fraction of sp³-hybridized carbons (Fsp3) is 0.286. The molecule has 0 saturated heterocycles. The van der Waals surface area contributed by atoms with E-state index in [1.54, 1.807) is 26.4 Å². The summed E-state index contributed by atoms with van der Waals surface area (Å²) in [5.41, 5.74) is 2.09. The van der Waals surface area contributed by atoms with E-state index < -0.39 is 5.97 Å². The van der Waals surface area contributed by atoms with Crippen molar-refractivity contribution in [3.63, 3.8) is 0 Å². The molecule has 0 bridgehead atoms. The molecule has 106 valence electrons. The minimum Gasteiger partial charge on any atom is -0.497 e. The van der Waals surface area contributed by atoms with Crippen LogP contribution in [0.15, 0.2) is 22.7 Å². The van der Waals surface area contributed by atoms with Crippen LogP contribution in [-0.2, 0) is 6.42 Å². The Morgan fingerprint density at radius 1 is 1.30 bits per heavy atom. The number of carboxylic acids is 1. The third kappa shape index (κ3) is 2.45. The van der Waals surface area contributed by atoms with Crippen molar-refractivity contribution in [2.75, 3.05) is 14.2 Å². The maximum Gasteiger partial charge on any atom is 0.374 e. The van der Waals surface area contributed by atoms with E-state index in [0.717, 1.165) is 11.1 Å². The summed E-state index contributed by atoms with van der Waals surface area (Å²) in [7, 11) is 3.12. The van der Waals surface area contributed by atoms with Crippen molar-refractivity contribution in [3.8, 4) is 22.8 Å². The molecule has 0 saturated carbocycles. The quantitative estimate of drug-likeness (QED) is 0.904. The summed E-state index contributed by atoms with van der Waals surface area (Å²) in [5, 5.41) is 12.7. The number of ether oxygens (including phenoxy) is 2. The van der Waals surface area contributed by atoms with Crippen LogP contribution in [0.25, 0.3) is 11.3 Å². The van der Waals surface area contributed by atoms with Gasteiger partial charge in [-0.05, 0) is 12.5 Å². The molecule has 0 aliphatic carbocycles. The van der Waals surface area contributed by atoms with Gasteiger partial charge in [-0.25, -0.2) is 4.79 Å². The Morgan fingerprint density at radius 3 is 2.55 bits per heavy atom. The van der Waals surface area contributed by atoms with Crippen molar-refractivity contribution >= 4 is 5.97 Å². The van der Waals surface area contributed by atoms with Crippen LogP contribution in [0.5, 0.6) is 11.5 Å². The van der Waals surface area contributed by atoms with Crippen LogP contribution in [0.4, 0.5) is 0 Å². The van der Waals surface area contributed by atoms with Gasteiger partial charge in [0.15, 0.2) is 0 Å². The highest BCUT2D eigenvalue weighted by atomic mass is 16.5. The summed E-state index contributed by atoms with van der Waals surface area (Å²) in [4.78, 5) is 10.9. The van der Waals surface area contributed by atoms with Crippen molar-refractivity contribution < 1.29 is 23.9 Å². The summed E-state index contributed by atoms with van der Waals surface area (Å²) >= 11 is 0. The lowest BCUT2D eigenvalue weighted by atomic mass is 10.0. The zero-order chi connectivity index (χ0) is 14.7. The SMILES string of the molecule is CCc1c(OC)cc(OC)cc1-c1cc(C(=O)O)on1. The van der Waals surface area contributed by atoms with E-state index in [-0.39, 0.29) is 5.76 Å². The van der Waals surface area contributed by atoms with E-state index in [9.17, 15) is 4.79 Å². The fourth-order valence-corrected chi connectivity index (χ4v) is 2.02. The summed E-state index contributed by atoms with van der Waals surface area (Å²) in [6.45, 7) is 1.98. The van der Waals surface area contributed by atoms with Gasteiger partial charge in [-0.2, -0.15) is 0 Å². The fourth-order valence-electron chi connectivity index (χ4n) is 2.02. The second kappa shape index (κ2) is 5.64. The van der Waals surface area contributed by atoms with Gasteiger partial charge in [0.1, 0.15) is 17.2 Å². The van der Waals surface area contributed by atoms with Crippen molar-refractivity contribution in [2.45, 2.75) is 13.3 Å². The minimum absolute atomic E-state index is 0.205. The summed E-state index contributed by atoms with van der Waals surface area (Å²) in [6, 6.07) is 4.95. The predicted molar refractivity (Wildman–Crippen MR) is 71.4 cm³/mol. The van der Waals surface area contributed by atoms with Gasteiger partial charge in [0.25, 0.3) is 0 Å². The molecule has 0 atom stereocenters. The van der Waals surface area contributed by atoms with Crippen LogP contribution in [0.2, 0.25) is 0 Å². The Labute approximate surface area is 115 Å². The highest BCUT2D eigenvalue weighted by Crippen LogP contribution is 2.35.